The molecule has 0 aliphatic rings. The highest BCUT2D eigenvalue weighted by atomic mass is 16.5. The number of carbonyl (C=O) groups is 1. The summed E-state index contributed by atoms with van der Waals surface area (Å²) in [5.41, 5.74) is 9.90. The molecule has 3 N–H and O–H groups in total. The van der Waals surface area contributed by atoms with Crippen LogP contribution in [0.5, 0.6) is 5.75 Å². The van der Waals surface area contributed by atoms with Crippen LogP contribution in [0.2, 0.25) is 0 Å². The van der Waals surface area contributed by atoms with E-state index in [-0.39, 0.29) is 11.9 Å². The molecule has 0 aliphatic heterocycles. The lowest BCUT2D eigenvalue weighted by atomic mass is 10.0. The van der Waals surface area contributed by atoms with Crippen molar-refractivity contribution >= 4 is 5.91 Å². The zero-order chi connectivity index (χ0) is 19.8. The largest absolute Gasteiger partial charge is 0.489 e. The van der Waals surface area contributed by atoms with E-state index in [1.54, 1.807) is 6.92 Å². The second-order valence-corrected chi connectivity index (χ2v) is 6.88. The minimum atomic E-state index is -0.369. The number of benzene rings is 3. The number of carbonyl (C=O) groups excluding carboxylic acids is 1. The Balaban J connectivity index is 1.77. The van der Waals surface area contributed by atoms with E-state index in [0.717, 1.165) is 28.9 Å². The van der Waals surface area contributed by atoms with E-state index in [1.807, 2.05) is 48.5 Å². The van der Waals surface area contributed by atoms with Crippen LogP contribution in [0, 0.1) is 0 Å². The highest BCUT2D eigenvalue weighted by Gasteiger charge is 2.10. The quantitative estimate of drug-likeness (QED) is 0.598. The molecule has 0 unspecified atom stereocenters. The molecule has 0 radical (unpaired) electrons. The highest BCUT2D eigenvalue weighted by molar-refractivity contribution is 5.79. The van der Waals surface area contributed by atoms with Gasteiger partial charge in [-0.25, -0.2) is 0 Å². The summed E-state index contributed by atoms with van der Waals surface area (Å²) < 4.78 is 6.12. The molecule has 0 aliphatic carbocycles. The second-order valence-electron chi connectivity index (χ2n) is 6.88. The fourth-order valence-corrected chi connectivity index (χ4v) is 2.94. The van der Waals surface area contributed by atoms with Gasteiger partial charge in [-0.1, -0.05) is 72.8 Å². The molecule has 28 heavy (non-hydrogen) atoms. The van der Waals surface area contributed by atoms with E-state index in [0.29, 0.717) is 13.2 Å². The molecule has 0 bridgehead atoms. The number of nitrogens with one attached hydrogen (secondary N) is 1. The van der Waals surface area contributed by atoms with Gasteiger partial charge in [-0.05, 0) is 35.2 Å². The first-order valence-corrected chi connectivity index (χ1v) is 9.47. The summed E-state index contributed by atoms with van der Waals surface area (Å²) in [6, 6.07) is 26.3. The maximum absolute atomic E-state index is 11.2. The fourth-order valence-electron chi connectivity index (χ4n) is 2.94. The molecule has 4 heteroatoms. The zero-order valence-electron chi connectivity index (χ0n) is 16.1. The summed E-state index contributed by atoms with van der Waals surface area (Å²) in [5.74, 6) is 0.520. The van der Waals surface area contributed by atoms with Gasteiger partial charge in [-0.2, -0.15) is 0 Å². The van der Waals surface area contributed by atoms with Gasteiger partial charge < -0.3 is 15.8 Å². The average Bonchev–Trinajstić information content (AvgIpc) is 2.72. The predicted octanol–water partition coefficient (Wildman–Crippen LogP) is 3.82. The number of amides is 1. The molecule has 3 rings (SSSR count). The van der Waals surface area contributed by atoms with Gasteiger partial charge in [-0.15, -0.1) is 0 Å². The Morgan fingerprint density at radius 1 is 0.929 bits per heavy atom. The minimum Gasteiger partial charge on any atom is -0.489 e. The van der Waals surface area contributed by atoms with Crippen molar-refractivity contribution in [2.75, 3.05) is 0 Å². The monoisotopic (exact) mass is 374 g/mol. The number of ether oxygens (including phenoxy) is 1. The zero-order valence-corrected chi connectivity index (χ0v) is 16.1. The van der Waals surface area contributed by atoms with Crippen molar-refractivity contribution in [2.24, 2.45) is 5.73 Å². The summed E-state index contributed by atoms with van der Waals surface area (Å²) in [6.45, 7) is 2.87. The first-order chi connectivity index (χ1) is 13.6. The summed E-state index contributed by atoms with van der Waals surface area (Å²) in [4.78, 5) is 11.2. The summed E-state index contributed by atoms with van der Waals surface area (Å²) in [6.07, 6.45) is 0.782. The molecule has 0 saturated heterocycles. The third-order valence-electron chi connectivity index (χ3n) is 4.64. The van der Waals surface area contributed by atoms with Gasteiger partial charge in [0.1, 0.15) is 12.4 Å². The number of nitrogens with two attached hydrogens (primary N) is 1. The van der Waals surface area contributed by atoms with Gasteiger partial charge in [0, 0.05) is 13.0 Å². The smallest absolute Gasteiger partial charge is 0.234 e. The molecule has 144 valence electrons. The molecule has 3 aromatic rings. The van der Waals surface area contributed by atoms with Crippen LogP contribution in [-0.2, 0) is 24.4 Å². The van der Waals surface area contributed by atoms with Crippen LogP contribution in [0.4, 0.5) is 0 Å². The van der Waals surface area contributed by atoms with Crippen molar-refractivity contribution < 1.29 is 9.53 Å². The number of rotatable bonds is 9. The first kappa shape index (κ1) is 19.6. The lowest BCUT2D eigenvalue weighted by Gasteiger charge is -2.15. The lowest BCUT2D eigenvalue weighted by molar-refractivity contribution is -0.119. The van der Waals surface area contributed by atoms with Crippen molar-refractivity contribution in [3.05, 3.63) is 101 Å². The Bertz CT molecular complexity index is 895. The maximum atomic E-state index is 11.2. The van der Waals surface area contributed by atoms with Gasteiger partial charge in [0.05, 0.1) is 6.04 Å². The summed E-state index contributed by atoms with van der Waals surface area (Å²) in [7, 11) is 0. The summed E-state index contributed by atoms with van der Waals surface area (Å²) >= 11 is 0. The molecule has 4 nitrogen and oxygen atoms in total. The van der Waals surface area contributed by atoms with Crippen molar-refractivity contribution in [2.45, 2.75) is 32.5 Å². The van der Waals surface area contributed by atoms with Crippen LogP contribution in [-0.4, -0.2) is 11.9 Å². The lowest BCUT2D eigenvalue weighted by Crippen LogP contribution is -2.38. The van der Waals surface area contributed by atoms with E-state index < -0.39 is 0 Å². The third-order valence-corrected chi connectivity index (χ3v) is 4.64. The van der Waals surface area contributed by atoms with Gasteiger partial charge in [-0.3, -0.25) is 4.79 Å². The standard InChI is InChI=1S/C24H26N2O2/c1-18(24(25)27)26-16-21-12-13-23(28-17-20-10-6-3-7-11-20)22(15-21)14-19-8-4-2-5-9-19/h2-13,15,18,26H,14,16-17H2,1H3,(H2,25,27)/t18-/m0/s1. The molecule has 0 fully saturated rings. The number of primary amides is 1. The molecule has 0 spiro atoms. The van der Waals surface area contributed by atoms with Crippen LogP contribution in [0.15, 0.2) is 78.9 Å². The van der Waals surface area contributed by atoms with Crippen LogP contribution >= 0.6 is 0 Å². The Morgan fingerprint density at radius 2 is 1.57 bits per heavy atom. The first-order valence-electron chi connectivity index (χ1n) is 9.47. The van der Waals surface area contributed by atoms with E-state index in [4.69, 9.17) is 10.5 Å². The van der Waals surface area contributed by atoms with Crippen molar-refractivity contribution in [1.82, 2.24) is 5.32 Å². The van der Waals surface area contributed by atoms with Crippen LogP contribution in [0.1, 0.15) is 29.2 Å². The number of hydrogen-bond donors (Lipinski definition) is 2. The molecule has 0 saturated carbocycles. The van der Waals surface area contributed by atoms with E-state index >= 15 is 0 Å². The van der Waals surface area contributed by atoms with E-state index in [1.165, 1.54) is 5.56 Å². The van der Waals surface area contributed by atoms with Crippen molar-refractivity contribution in [3.8, 4) is 5.75 Å². The minimum absolute atomic E-state index is 0.354. The van der Waals surface area contributed by atoms with Gasteiger partial charge in [0.2, 0.25) is 5.91 Å². The van der Waals surface area contributed by atoms with E-state index in [2.05, 4.69) is 35.6 Å². The Labute approximate surface area is 166 Å². The molecule has 0 aromatic heterocycles. The molecular weight excluding hydrogens is 348 g/mol. The normalized spacial score (nSPS) is 11.8. The highest BCUT2D eigenvalue weighted by Crippen LogP contribution is 2.24. The molecule has 3 aromatic carbocycles. The fraction of sp³-hybridized carbons (Fsp3) is 0.208. The van der Waals surface area contributed by atoms with Crippen LogP contribution < -0.4 is 15.8 Å². The summed E-state index contributed by atoms with van der Waals surface area (Å²) in [5, 5.41) is 3.15. The maximum Gasteiger partial charge on any atom is 0.234 e. The Hall–Kier alpha value is -3.11. The van der Waals surface area contributed by atoms with E-state index in [9.17, 15) is 4.79 Å². The molecular formula is C24H26N2O2. The SMILES string of the molecule is C[C@H](NCc1ccc(OCc2ccccc2)c(Cc2ccccc2)c1)C(N)=O. The third kappa shape index (κ3) is 5.69. The predicted molar refractivity (Wildman–Crippen MR) is 112 cm³/mol. The molecule has 1 atom stereocenters. The van der Waals surface area contributed by atoms with Crippen molar-refractivity contribution in [3.63, 3.8) is 0 Å². The Kier molecular flexibility index (Phi) is 6.82. The topological polar surface area (TPSA) is 64.3 Å². The second kappa shape index (κ2) is 9.72. The van der Waals surface area contributed by atoms with Gasteiger partial charge >= 0.3 is 0 Å². The van der Waals surface area contributed by atoms with Gasteiger partial charge in [0.25, 0.3) is 0 Å². The van der Waals surface area contributed by atoms with Crippen molar-refractivity contribution in [1.29, 1.82) is 0 Å². The average molecular weight is 374 g/mol. The van der Waals surface area contributed by atoms with Crippen LogP contribution in [0.3, 0.4) is 0 Å². The molecule has 0 heterocycles. The molecule has 1 amide bonds. The Morgan fingerprint density at radius 3 is 2.21 bits per heavy atom. The van der Waals surface area contributed by atoms with Gasteiger partial charge in [0.15, 0.2) is 0 Å². The number of hydrogen-bond acceptors (Lipinski definition) is 3. The van der Waals surface area contributed by atoms with Crippen LogP contribution in [0.25, 0.3) is 0 Å².